The number of unbranched alkanes of at least 4 members (excludes halogenated alkanes) is 23. The van der Waals surface area contributed by atoms with Crippen molar-refractivity contribution in [3.8, 4) is 0 Å². The van der Waals surface area contributed by atoms with Crippen molar-refractivity contribution in [2.75, 3.05) is 41.0 Å². The van der Waals surface area contributed by atoms with Crippen LogP contribution in [0.25, 0.3) is 0 Å². The van der Waals surface area contributed by atoms with Crippen molar-refractivity contribution < 1.29 is 38.2 Å². The van der Waals surface area contributed by atoms with Crippen molar-refractivity contribution >= 4 is 17.9 Å². The van der Waals surface area contributed by atoms with Crippen LogP contribution < -0.4 is 0 Å². The number of nitrogens with zero attached hydrogens (tertiary/aromatic N) is 1. The minimum Gasteiger partial charge on any atom is -0.477 e. The van der Waals surface area contributed by atoms with Crippen LogP contribution >= 0.6 is 0 Å². The van der Waals surface area contributed by atoms with Crippen molar-refractivity contribution in [2.45, 2.75) is 225 Å². The largest absolute Gasteiger partial charge is 0.477 e. The van der Waals surface area contributed by atoms with Crippen LogP contribution in [-0.2, 0) is 28.6 Å². The number of aliphatic carboxylic acids is 1. The zero-order chi connectivity index (χ0) is 42.8. The maximum absolute atomic E-state index is 12.8. The van der Waals surface area contributed by atoms with Gasteiger partial charge in [0.2, 0.25) is 0 Å². The SMILES string of the molecule is CC/C=C/C/C=C/C/C=C/CCCCCCCCC(=O)OCC(COCCC(C(=O)O)[N+](C)(C)C)OC(=O)CCCCCCCCCCCCCCCCCCCC. The van der Waals surface area contributed by atoms with Crippen molar-refractivity contribution in [2.24, 2.45) is 0 Å². The molecule has 338 valence electrons. The predicted molar refractivity (Wildman–Crippen MR) is 243 cm³/mol. The normalized spacial score (nSPS) is 13.2. The molecule has 0 heterocycles. The van der Waals surface area contributed by atoms with E-state index in [0.717, 1.165) is 70.6 Å². The fourth-order valence-corrected chi connectivity index (χ4v) is 7.11. The van der Waals surface area contributed by atoms with Gasteiger partial charge in [-0.2, -0.15) is 0 Å². The summed E-state index contributed by atoms with van der Waals surface area (Å²) in [6, 6.07) is -0.615. The molecule has 0 aromatic carbocycles. The minimum atomic E-state index is -0.875. The average molecular weight is 819 g/mol. The van der Waals surface area contributed by atoms with Crippen LogP contribution in [0, 0.1) is 0 Å². The molecule has 0 aromatic heterocycles. The summed E-state index contributed by atoms with van der Waals surface area (Å²) >= 11 is 0. The molecule has 1 N–H and O–H groups in total. The highest BCUT2D eigenvalue weighted by atomic mass is 16.6. The fraction of sp³-hybridized carbons (Fsp3) is 0.820. The molecule has 0 aliphatic rings. The van der Waals surface area contributed by atoms with E-state index < -0.39 is 18.1 Å². The first-order chi connectivity index (χ1) is 28.1. The number of carbonyl (C=O) groups excluding carboxylic acids is 2. The number of carbonyl (C=O) groups is 3. The van der Waals surface area contributed by atoms with E-state index >= 15 is 0 Å². The molecule has 58 heavy (non-hydrogen) atoms. The average Bonchev–Trinajstić information content (AvgIpc) is 3.18. The van der Waals surface area contributed by atoms with Gasteiger partial charge in [0.15, 0.2) is 12.1 Å². The molecule has 0 spiro atoms. The molecule has 0 aromatic rings. The van der Waals surface area contributed by atoms with Gasteiger partial charge in [0.05, 0.1) is 34.4 Å². The molecule has 0 saturated carbocycles. The first kappa shape index (κ1) is 55.5. The van der Waals surface area contributed by atoms with Gasteiger partial charge in [0.1, 0.15) is 6.61 Å². The number of likely N-dealkylation sites (N-methyl/N-ethyl adjacent to an activating group) is 1. The number of quaternary nitrogens is 1. The quantitative estimate of drug-likeness (QED) is 0.0283. The summed E-state index contributed by atoms with van der Waals surface area (Å²) in [5, 5.41) is 9.64. The van der Waals surface area contributed by atoms with Gasteiger partial charge in [-0.3, -0.25) is 9.59 Å². The van der Waals surface area contributed by atoms with Crippen molar-refractivity contribution in [1.29, 1.82) is 0 Å². The Morgan fingerprint density at radius 2 is 0.966 bits per heavy atom. The highest BCUT2D eigenvalue weighted by Gasteiger charge is 2.31. The fourth-order valence-electron chi connectivity index (χ4n) is 7.11. The zero-order valence-corrected chi connectivity index (χ0v) is 38.5. The highest BCUT2D eigenvalue weighted by Crippen LogP contribution is 2.16. The summed E-state index contributed by atoms with van der Waals surface area (Å²) in [5.74, 6) is -1.47. The molecule has 0 aliphatic carbocycles. The number of hydrogen-bond donors (Lipinski definition) is 1. The Kier molecular flexibility index (Phi) is 39.5. The van der Waals surface area contributed by atoms with Crippen LogP contribution in [0.2, 0.25) is 0 Å². The minimum absolute atomic E-state index is 0.0550. The van der Waals surface area contributed by atoms with E-state index in [1.54, 1.807) is 0 Å². The van der Waals surface area contributed by atoms with Gasteiger partial charge in [-0.25, -0.2) is 4.79 Å². The smallest absolute Gasteiger partial charge is 0.362 e. The highest BCUT2D eigenvalue weighted by molar-refractivity contribution is 5.72. The molecule has 0 rings (SSSR count). The number of hydrogen-bond acceptors (Lipinski definition) is 6. The molecule has 0 fully saturated rings. The van der Waals surface area contributed by atoms with E-state index in [0.29, 0.717) is 19.3 Å². The second-order valence-electron chi connectivity index (χ2n) is 17.3. The predicted octanol–water partition coefficient (Wildman–Crippen LogP) is 13.4. The van der Waals surface area contributed by atoms with Crippen molar-refractivity contribution in [3.63, 3.8) is 0 Å². The number of rotatable bonds is 43. The van der Waals surface area contributed by atoms with Gasteiger partial charge in [-0.05, 0) is 44.9 Å². The molecule has 0 radical (unpaired) electrons. The van der Waals surface area contributed by atoms with E-state index in [-0.39, 0.29) is 36.2 Å². The van der Waals surface area contributed by atoms with Crippen molar-refractivity contribution in [3.05, 3.63) is 36.5 Å². The third-order valence-corrected chi connectivity index (χ3v) is 10.8. The molecule has 0 saturated heterocycles. The van der Waals surface area contributed by atoms with Crippen LogP contribution in [0.5, 0.6) is 0 Å². The van der Waals surface area contributed by atoms with Gasteiger partial charge in [0.25, 0.3) is 0 Å². The summed E-state index contributed by atoms with van der Waals surface area (Å²) in [5.41, 5.74) is 0. The first-order valence-corrected chi connectivity index (χ1v) is 24.0. The lowest BCUT2D eigenvalue weighted by molar-refractivity contribution is -0.887. The maximum Gasteiger partial charge on any atom is 0.362 e. The van der Waals surface area contributed by atoms with E-state index in [4.69, 9.17) is 14.2 Å². The summed E-state index contributed by atoms with van der Waals surface area (Å²) in [7, 11) is 5.53. The number of ether oxygens (including phenoxy) is 3. The lowest BCUT2D eigenvalue weighted by Gasteiger charge is -2.31. The third kappa shape index (κ3) is 39.0. The van der Waals surface area contributed by atoms with Gasteiger partial charge in [-0.15, -0.1) is 0 Å². The summed E-state index contributed by atoms with van der Waals surface area (Å²) in [4.78, 5) is 37.1. The lowest BCUT2D eigenvalue weighted by atomic mass is 10.0. The summed E-state index contributed by atoms with van der Waals surface area (Å²) in [6.45, 7) is 4.64. The maximum atomic E-state index is 12.8. The Labute approximate surface area is 357 Å². The summed E-state index contributed by atoms with van der Waals surface area (Å²) in [6.07, 6.45) is 47.6. The van der Waals surface area contributed by atoms with Crippen LogP contribution in [0.4, 0.5) is 0 Å². The van der Waals surface area contributed by atoms with E-state index in [1.807, 2.05) is 21.1 Å². The number of allylic oxidation sites excluding steroid dienone is 6. The molecule has 0 amide bonds. The van der Waals surface area contributed by atoms with Crippen LogP contribution in [0.1, 0.15) is 213 Å². The Morgan fingerprint density at radius 3 is 1.43 bits per heavy atom. The van der Waals surface area contributed by atoms with E-state index in [2.05, 4.69) is 50.3 Å². The van der Waals surface area contributed by atoms with Gasteiger partial charge in [0, 0.05) is 19.3 Å². The zero-order valence-electron chi connectivity index (χ0n) is 38.5. The Balaban J connectivity index is 4.28. The van der Waals surface area contributed by atoms with Gasteiger partial charge >= 0.3 is 17.9 Å². The Morgan fingerprint density at radius 1 is 0.534 bits per heavy atom. The van der Waals surface area contributed by atoms with Crippen LogP contribution in [0.15, 0.2) is 36.5 Å². The van der Waals surface area contributed by atoms with E-state index in [9.17, 15) is 19.5 Å². The molecular weight excluding hydrogens is 727 g/mol. The molecule has 0 aliphatic heterocycles. The number of esters is 2. The van der Waals surface area contributed by atoms with Crippen LogP contribution in [0.3, 0.4) is 0 Å². The summed E-state index contributed by atoms with van der Waals surface area (Å²) < 4.78 is 17.3. The van der Waals surface area contributed by atoms with E-state index in [1.165, 1.54) is 109 Å². The Hall–Kier alpha value is -2.45. The molecular formula is C50H92NO7+. The molecule has 0 bridgehead atoms. The number of carboxylic acids is 1. The first-order valence-electron chi connectivity index (χ1n) is 24.0. The monoisotopic (exact) mass is 819 g/mol. The third-order valence-electron chi connectivity index (χ3n) is 10.8. The molecule has 2 unspecified atom stereocenters. The molecule has 2 atom stereocenters. The molecule has 8 nitrogen and oxygen atoms in total. The van der Waals surface area contributed by atoms with Crippen LogP contribution in [-0.4, -0.2) is 80.6 Å². The van der Waals surface area contributed by atoms with Crippen molar-refractivity contribution in [1.82, 2.24) is 0 Å². The topological polar surface area (TPSA) is 99.1 Å². The Bertz CT molecular complexity index is 1050. The van der Waals surface area contributed by atoms with Gasteiger partial charge in [-0.1, -0.05) is 185 Å². The second kappa shape index (κ2) is 41.3. The standard InChI is InChI=1S/C50H91NO7/c1-6-8-10-12-14-16-18-20-22-24-25-27-29-31-33-35-37-39-41-49(53)58-46(44-56-43-42-47(50(54)55)51(3,4)5)45-57-48(52)40-38-36-34-32-30-28-26-23-21-19-17-15-13-11-9-7-2/h9,11,15,17,21,23,46-47H,6-8,10,12-14,16,18-20,22,24-45H2,1-5H3/p+1/b11-9+,17-15+,23-21+. The molecule has 8 heteroatoms. The van der Waals surface area contributed by atoms with Gasteiger partial charge < -0.3 is 23.8 Å². The number of carboxylic acid groups (broad SMARTS) is 1. The lowest BCUT2D eigenvalue weighted by Crippen LogP contribution is -2.50. The second-order valence-corrected chi connectivity index (χ2v) is 17.3.